The molecule has 4 rings (SSSR count). The molecule has 3 aromatic heterocycles. The highest BCUT2D eigenvalue weighted by atomic mass is 16.5. The summed E-state index contributed by atoms with van der Waals surface area (Å²) in [7, 11) is 0. The number of aromatic nitrogens is 5. The van der Waals surface area contributed by atoms with E-state index < -0.39 is 0 Å². The van der Waals surface area contributed by atoms with Crippen LogP contribution >= 0.6 is 0 Å². The third kappa shape index (κ3) is 3.03. The monoisotopic (exact) mass is 353 g/mol. The second-order valence-corrected chi connectivity index (χ2v) is 6.23. The highest BCUT2D eigenvalue weighted by Crippen LogP contribution is 2.18. The fourth-order valence-electron chi connectivity index (χ4n) is 3.11. The summed E-state index contributed by atoms with van der Waals surface area (Å²) in [4.78, 5) is 24.9. The van der Waals surface area contributed by atoms with Gasteiger partial charge in [-0.05, 0) is 19.9 Å². The number of rotatable bonds is 3. The van der Waals surface area contributed by atoms with Crippen molar-refractivity contribution in [3.8, 4) is 5.82 Å². The molecule has 1 saturated heterocycles. The third-order valence-corrected chi connectivity index (χ3v) is 4.40. The van der Waals surface area contributed by atoms with Crippen LogP contribution in [0.5, 0.6) is 0 Å². The van der Waals surface area contributed by atoms with Crippen LogP contribution in [0.25, 0.3) is 5.82 Å². The SMILES string of the molecule is Cc1cc(C)n(-c2cc(N3CCN(C(=O)c4ccno4)CC3)ncn2)n1. The van der Waals surface area contributed by atoms with Gasteiger partial charge in [0, 0.05) is 44.0 Å². The maximum absolute atomic E-state index is 12.3. The number of hydrogen-bond donors (Lipinski definition) is 0. The van der Waals surface area contributed by atoms with E-state index in [1.165, 1.54) is 6.20 Å². The number of amides is 1. The number of piperazine rings is 1. The predicted octanol–water partition coefficient (Wildman–Crippen LogP) is 1.23. The van der Waals surface area contributed by atoms with Crippen molar-refractivity contribution in [2.45, 2.75) is 13.8 Å². The summed E-state index contributed by atoms with van der Waals surface area (Å²) in [6.07, 6.45) is 3.03. The Morgan fingerprint density at radius 2 is 1.85 bits per heavy atom. The molecule has 0 radical (unpaired) electrons. The van der Waals surface area contributed by atoms with E-state index in [0.717, 1.165) is 23.0 Å². The van der Waals surface area contributed by atoms with E-state index in [2.05, 4.69) is 25.1 Å². The van der Waals surface area contributed by atoms with Crippen molar-refractivity contribution in [2.24, 2.45) is 0 Å². The normalized spacial score (nSPS) is 14.7. The minimum absolute atomic E-state index is 0.131. The van der Waals surface area contributed by atoms with Crippen molar-refractivity contribution in [3.63, 3.8) is 0 Å². The lowest BCUT2D eigenvalue weighted by Gasteiger charge is -2.34. The van der Waals surface area contributed by atoms with Gasteiger partial charge in [0.25, 0.3) is 5.91 Å². The quantitative estimate of drug-likeness (QED) is 0.699. The van der Waals surface area contributed by atoms with Crippen LogP contribution in [0, 0.1) is 13.8 Å². The van der Waals surface area contributed by atoms with Gasteiger partial charge in [-0.25, -0.2) is 14.6 Å². The Morgan fingerprint density at radius 1 is 1.08 bits per heavy atom. The molecule has 0 unspecified atom stereocenters. The Hall–Kier alpha value is -3.23. The van der Waals surface area contributed by atoms with Crippen molar-refractivity contribution in [1.29, 1.82) is 0 Å². The Balaban J connectivity index is 1.47. The molecule has 0 N–H and O–H groups in total. The van der Waals surface area contributed by atoms with Crippen molar-refractivity contribution in [1.82, 2.24) is 29.8 Å². The molecule has 0 aliphatic carbocycles. The molecule has 9 nitrogen and oxygen atoms in total. The van der Waals surface area contributed by atoms with Crippen LogP contribution in [0.1, 0.15) is 21.9 Å². The van der Waals surface area contributed by atoms with Gasteiger partial charge in [-0.3, -0.25) is 4.79 Å². The lowest BCUT2D eigenvalue weighted by atomic mass is 10.3. The molecule has 0 saturated carbocycles. The van der Waals surface area contributed by atoms with E-state index in [-0.39, 0.29) is 11.7 Å². The number of hydrogen-bond acceptors (Lipinski definition) is 7. The molecule has 0 aromatic carbocycles. The van der Waals surface area contributed by atoms with Crippen LogP contribution in [0.3, 0.4) is 0 Å². The molecule has 1 aliphatic rings. The molecule has 134 valence electrons. The van der Waals surface area contributed by atoms with E-state index in [1.807, 2.05) is 30.7 Å². The van der Waals surface area contributed by atoms with Crippen LogP contribution in [0.4, 0.5) is 5.82 Å². The molecule has 1 aliphatic heterocycles. The second-order valence-electron chi connectivity index (χ2n) is 6.23. The molecule has 4 heterocycles. The summed E-state index contributed by atoms with van der Waals surface area (Å²) in [5.41, 5.74) is 1.97. The summed E-state index contributed by atoms with van der Waals surface area (Å²) >= 11 is 0. The fraction of sp³-hybridized carbons (Fsp3) is 0.353. The first kappa shape index (κ1) is 16.2. The minimum Gasteiger partial charge on any atom is -0.353 e. The van der Waals surface area contributed by atoms with E-state index in [9.17, 15) is 4.79 Å². The maximum atomic E-state index is 12.3. The minimum atomic E-state index is -0.131. The van der Waals surface area contributed by atoms with Crippen molar-refractivity contribution >= 4 is 11.7 Å². The number of anilines is 1. The molecular weight excluding hydrogens is 334 g/mol. The molecule has 0 atom stereocenters. The standard InChI is InChI=1S/C17H19N7O2/c1-12-9-13(2)24(21-12)16-10-15(18-11-19-16)22-5-7-23(8-6-22)17(25)14-3-4-20-26-14/h3-4,9-11H,5-8H2,1-2H3. The van der Waals surface area contributed by atoms with Crippen LogP contribution in [-0.2, 0) is 0 Å². The van der Waals surface area contributed by atoms with Crippen LogP contribution in [0.15, 0.2) is 35.2 Å². The number of carbonyl (C=O) groups is 1. The van der Waals surface area contributed by atoms with E-state index in [1.54, 1.807) is 17.3 Å². The average molecular weight is 353 g/mol. The molecule has 9 heteroatoms. The summed E-state index contributed by atoms with van der Waals surface area (Å²) in [5.74, 6) is 1.70. The topological polar surface area (TPSA) is 93.2 Å². The van der Waals surface area contributed by atoms with Gasteiger partial charge in [-0.2, -0.15) is 5.10 Å². The molecule has 1 fully saturated rings. The Bertz CT molecular complexity index is 911. The van der Waals surface area contributed by atoms with Gasteiger partial charge in [-0.15, -0.1) is 0 Å². The van der Waals surface area contributed by atoms with Crippen LogP contribution < -0.4 is 4.90 Å². The highest BCUT2D eigenvalue weighted by Gasteiger charge is 2.25. The van der Waals surface area contributed by atoms with Gasteiger partial charge in [0.15, 0.2) is 5.82 Å². The van der Waals surface area contributed by atoms with Gasteiger partial charge in [0.1, 0.15) is 12.1 Å². The first-order chi connectivity index (χ1) is 12.6. The lowest BCUT2D eigenvalue weighted by molar-refractivity contribution is 0.0704. The Labute approximate surface area is 150 Å². The van der Waals surface area contributed by atoms with Crippen LogP contribution in [-0.4, -0.2) is 61.9 Å². The summed E-state index contributed by atoms with van der Waals surface area (Å²) < 4.78 is 6.76. The fourth-order valence-corrected chi connectivity index (χ4v) is 3.11. The average Bonchev–Trinajstić information content (AvgIpc) is 3.31. The lowest BCUT2D eigenvalue weighted by Crippen LogP contribution is -2.49. The molecule has 26 heavy (non-hydrogen) atoms. The molecule has 3 aromatic rings. The van der Waals surface area contributed by atoms with E-state index in [4.69, 9.17) is 4.52 Å². The van der Waals surface area contributed by atoms with Crippen molar-refractivity contribution < 1.29 is 9.32 Å². The number of carbonyl (C=O) groups excluding carboxylic acids is 1. The van der Waals surface area contributed by atoms with Crippen LogP contribution in [0.2, 0.25) is 0 Å². The number of nitrogens with zero attached hydrogens (tertiary/aromatic N) is 7. The molecule has 0 bridgehead atoms. The zero-order valence-corrected chi connectivity index (χ0v) is 14.7. The highest BCUT2D eigenvalue weighted by molar-refractivity contribution is 5.91. The zero-order valence-electron chi connectivity index (χ0n) is 14.7. The summed E-state index contributed by atoms with van der Waals surface area (Å²) in [6.45, 7) is 6.52. The number of aryl methyl sites for hydroxylation is 2. The van der Waals surface area contributed by atoms with Gasteiger partial charge in [0.2, 0.25) is 5.76 Å². The first-order valence-electron chi connectivity index (χ1n) is 8.42. The van der Waals surface area contributed by atoms with Gasteiger partial charge < -0.3 is 14.3 Å². The molecule has 1 amide bonds. The third-order valence-electron chi connectivity index (χ3n) is 4.40. The second kappa shape index (κ2) is 6.58. The zero-order chi connectivity index (χ0) is 18.1. The smallest absolute Gasteiger partial charge is 0.292 e. The summed E-state index contributed by atoms with van der Waals surface area (Å²) in [6, 6.07) is 5.52. The Kier molecular flexibility index (Phi) is 4.11. The maximum Gasteiger partial charge on any atom is 0.292 e. The van der Waals surface area contributed by atoms with E-state index >= 15 is 0 Å². The van der Waals surface area contributed by atoms with Crippen molar-refractivity contribution in [3.05, 3.63) is 47.9 Å². The predicted molar refractivity (Wildman–Crippen MR) is 93.2 cm³/mol. The van der Waals surface area contributed by atoms with Gasteiger partial charge in [0.05, 0.1) is 11.9 Å². The molecular formula is C17H19N7O2. The van der Waals surface area contributed by atoms with E-state index in [0.29, 0.717) is 26.2 Å². The van der Waals surface area contributed by atoms with Gasteiger partial charge in [-0.1, -0.05) is 5.16 Å². The Morgan fingerprint density at radius 3 is 2.50 bits per heavy atom. The summed E-state index contributed by atoms with van der Waals surface area (Å²) in [5, 5.41) is 8.06. The first-order valence-corrected chi connectivity index (χ1v) is 8.42. The molecule has 0 spiro atoms. The van der Waals surface area contributed by atoms with Gasteiger partial charge >= 0.3 is 0 Å². The largest absolute Gasteiger partial charge is 0.353 e. The van der Waals surface area contributed by atoms with Crippen molar-refractivity contribution in [2.75, 3.05) is 31.1 Å².